The molecule has 4 heterocycles. The molecule has 2 fully saturated rings. The fourth-order valence-electron chi connectivity index (χ4n) is 2.91. The van der Waals surface area contributed by atoms with Gasteiger partial charge < -0.3 is 9.84 Å². The van der Waals surface area contributed by atoms with Crippen molar-refractivity contribution in [2.75, 3.05) is 0 Å². The summed E-state index contributed by atoms with van der Waals surface area (Å²) in [6.07, 6.45) is 3.64. The topological polar surface area (TPSA) is 63.8 Å². The highest BCUT2D eigenvalue weighted by molar-refractivity contribution is 7.07. The fraction of sp³-hybridized carbons (Fsp3) is 0.545. The largest absolute Gasteiger partial charge is 0.339 e. The van der Waals surface area contributed by atoms with Gasteiger partial charge in [-0.05, 0) is 19.3 Å². The lowest BCUT2D eigenvalue weighted by Gasteiger charge is -2.15. The van der Waals surface area contributed by atoms with Crippen LogP contribution in [0.25, 0.3) is 11.5 Å². The van der Waals surface area contributed by atoms with Crippen LogP contribution in [0.4, 0.5) is 0 Å². The highest BCUT2D eigenvalue weighted by Gasteiger charge is 2.42. The molecule has 1 N–H and O–H groups in total. The minimum Gasteiger partial charge on any atom is -0.339 e. The molecule has 2 aromatic heterocycles. The molecule has 2 saturated heterocycles. The van der Waals surface area contributed by atoms with Crippen LogP contribution in [0.3, 0.4) is 0 Å². The van der Waals surface area contributed by atoms with Crippen LogP contribution in [0.1, 0.15) is 31.1 Å². The van der Waals surface area contributed by atoms with Crippen molar-refractivity contribution in [1.29, 1.82) is 0 Å². The molecular formula is C11H12N4OS. The molecule has 0 aromatic carbocycles. The van der Waals surface area contributed by atoms with Gasteiger partial charge in [0.05, 0.1) is 11.4 Å². The lowest BCUT2D eigenvalue weighted by Crippen LogP contribution is -2.21. The van der Waals surface area contributed by atoms with Gasteiger partial charge in [-0.25, -0.2) is 4.98 Å². The molecule has 5 nitrogen and oxygen atoms in total. The van der Waals surface area contributed by atoms with Crippen molar-refractivity contribution < 1.29 is 4.52 Å². The molecule has 0 saturated carbocycles. The van der Waals surface area contributed by atoms with Crippen LogP contribution >= 0.6 is 11.3 Å². The maximum Gasteiger partial charge on any atom is 0.231 e. The average Bonchev–Trinajstić information content (AvgIpc) is 3.12. The third-order valence-corrected chi connectivity index (χ3v) is 4.31. The summed E-state index contributed by atoms with van der Waals surface area (Å²) in [5.74, 6) is 1.78. The van der Waals surface area contributed by atoms with Crippen LogP contribution in [-0.4, -0.2) is 27.2 Å². The lowest BCUT2D eigenvalue weighted by atomic mass is 9.89. The number of hydrogen-bond acceptors (Lipinski definition) is 6. The van der Waals surface area contributed by atoms with Gasteiger partial charge in [0.2, 0.25) is 11.7 Å². The average molecular weight is 248 g/mol. The molecule has 6 heteroatoms. The molecule has 0 radical (unpaired) electrons. The maximum absolute atomic E-state index is 5.39. The number of thiazole rings is 1. The maximum atomic E-state index is 5.39. The second kappa shape index (κ2) is 3.61. The summed E-state index contributed by atoms with van der Waals surface area (Å²) in [7, 11) is 0. The van der Waals surface area contributed by atoms with Crippen LogP contribution in [0.2, 0.25) is 0 Å². The zero-order chi connectivity index (χ0) is 11.2. The first-order valence-electron chi connectivity index (χ1n) is 5.88. The van der Waals surface area contributed by atoms with E-state index < -0.39 is 0 Å². The van der Waals surface area contributed by atoms with Crippen molar-refractivity contribution in [2.24, 2.45) is 0 Å². The molecule has 0 amide bonds. The summed E-state index contributed by atoms with van der Waals surface area (Å²) >= 11 is 1.54. The van der Waals surface area contributed by atoms with E-state index in [0.717, 1.165) is 18.0 Å². The normalized spacial score (nSPS) is 31.2. The van der Waals surface area contributed by atoms with Crippen molar-refractivity contribution in [3.63, 3.8) is 0 Å². The Hall–Kier alpha value is -1.27. The predicted octanol–water partition coefficient (Wildman–Crippen LogP) is 1.80. The van der Waals surface area contributed by atoms with Gasteiger partial charge in [-0.3, -0.25) is 0 Å². The summed E-state index contributed by atoms with van der Waals surface area (Å²) in [5.41, 5.74) is 2.59. The van der Waals surface area contributed by atoms with Gasteiger partial charge >= 0.3 is 0 Å². The summed E-state index contributed by atoms with van der Waals surface area (Å²) < 4.78 is 5.39. The Morgan fingerprint density at radius 3 is 3.12 bits per heavy atom. The van der Waals surface area contributed by atoms with E-state index in [-0.39, 0.29) is 0 Å². The highest BCUT2D eigenvalue weighted by Crippen LogP contribution is 2.39. The second-order valence-corrected chi connectivity index (χ2v) is 5.44. The van der Waals surface area contributed by atoms with E-state index in [9.17, 15) is 0 Å². The summed E-state index contributed by atoms with van der Waals surface area (Å²) in [6, 6.07) is 1.18. The predicted molar refractivity (Wildman–Crippen MR) is 62.7 cm³/mol. The zero-order valence-electron chi connectivity index (χ0n) is 9.17. The first-order chi connectivity index (χ1) is 8.40. The van der Waals surface area contributed by atoms with E-state index in [2.05, 4.69) is 20.4 Å². The smallest absolute Gasteiger partial charge is 0.231 e. The number of aromatic nitrogens is 3. The molecule has 3 unspecified atom stereocenters. The molecule has 3 atom stereocenters. The molecule has 17 heavy (non-hydrogen) atoms. The Morgan fingerprint density at radius 2 is 2.41 bits per heavy atom. The second-order valence-electron chi connectivity index (χ2n) is 4.72. The quantitative estimate of drug-likeness (QED) is 0.878. The van der Waals surface area contributed by atoms with Crippen LogP contribution in [0, 0.1) is 0 Å². The van der Waals surface area contributed by atoms with Crippen LogP contribution in [0.5, 0.6) is 0 Å². The van der Waals surface area contributed by atoms with Gasteiger partial charge in [-0.15, -0.1) is 11.3 Å². The van der Waals surface area contributed by atoms with E-state index in [1.807, 2.05) is 5.38 Å². The number of rotatable bonds is 2. The van der Waals surface area contributed by atoms with Gasteiger partial charge in [0, 0.05) is 17.5 Å². The van der Waals surface area contributed by atoms with Crippen LogP contribution < -0.4 is 5.32 Å². The minimum atomic E-state index is 0.397. The molecule has 88 valence electrons. The summed E-state index contributed by atoms with van der Waals surface area (Å²) in [6.45, 7) is 0. The SMILES string of the molecule is c1nc(-c2noc(C3CC4CCC3N4)n2)cs1. The van der Waals surface area contributed by atoms with Crippen LogP contribution in [0.15, 0.2) is 15.4 Å². The number of nitrogens with zero attached hydrogens (tertiary/aromatic N) is 3. The third kappa shape index (κ3) is 1.51. The van der Waals surface area contributed by atoms with Gasteiger partial charge in [0.15, 0.2) is 0 Å². The van der Waals surface area contributed by atoms with E-state index in [1.54, 1.807) is 16.8 Å². The first-order valence-corrected chi connectivity index (χ1v) is 6.82. The molecule has 4 rings (SSSR count). The first kappa shape index (κ1) is 9.73. The summed E-state index contributed by atoms with van der Waals surface area (Å²) in [4.78, 5) is 8.67. The van der Waals surface area contributed by atoms with Crippen molar-refractivity contribution in [1.82, 2.24) is 20.4 Å². The molecule has 2 aromatic rings. The van der Waals surface area contributed by atoms with Gasteiger partial charge in [0.25, 0.3) is 0 Å². The fourth-order valence-corrected chi connectivity index (χ4v) is 3.44. The molecule has 0 aliphatic carbocycles. The van der Waals surface area contributed by atoms with Crippen molar-refractivity contribution in [3.05, 3.63) is 16.8 Å². The zero-order valence-corrected chi connectivity index (χ0v) is 9.98. The minimum absolute atomic E-state index is 0.397. The Morgan fingerprint density at radius 1 is 1.41 bits per heavy atom. The molecule has 2 aliphatic heterocycles. The van der Waals surface area contributed by atoms with Gasteiger partial charge in [-0.1, -0.05) is 5.16 Å². The standard InChI is InChI=1S/C11H12N4OS/c1-2-8-7(3-6(1)13-8)11-14-10(15-16-11)9-4-17-5-12-9/h4-8,13H,1-3H2. The monoisotopic (exact) mass is 248 g/mol. The van der Waals surface area contributed by atoms with Crippen molar-refractivity contribution >= 4 is 11.3 Å². The van der Waals surface area contributed by atoms with E-state index in [4.69, 9.17) is 4.52 Å². The number of fused-ring (bicyclic) bond motifs is 2. The van der Waals surface area contributed by atoms with E-state index >= 15 is 0 Å². The number of nitrogens with one attached hydrogen (secondary N) is 1. The highest BCUT2D eigenvalue weighted by atomic mass is 32.1. The third-order valence-electron chi connectivity index (χ3n) is 3.72. The van der Waals surface area contributed by atoms with Gasteiger partial charge in [-0.2, -0.15) is 4.98 Å². The summed E-state index contributed by atoms with van der Waals surface area (Å²) in [5, 5.41) is 9.53. The van der Waals surface area contributed by atoms with Crippen molar-refractivity contribution in [3.8, 4) is 11.5 Å². The molecule has 0 spiro atoms. The Balaban J connectivity index is 1.63. The van der Waals surface area contributed by atoms with Crippen LogP contribution in [-0.2, 0) is 0 Å². The molecular weight excluding hydrogens is 236 g/mol. The molecule has 2 bridgehead atoms. The Labute approximate surface area is 102 Å². The van der Waals surface area contributed by atoms with Crippen molar-refractivity contribution in [2.45, 2.75) is 37.3 Å². The Bertz CT molecular complexity index is 523. The Kier molecular flexibility index (Phi) is 2.07. The van der Waals surface area contributed by atoms with Gasteiger partial charge in [0.1, 0.15) is 5.69 Å². The number of hydrogen-bond donors (Lipinski definition) is 1. The van der Waals surface area contributed by atoms with E-state index in [0.29, 0.717) is 23.8 Å². The lowest BCUT2D eigenvalue weighted by molar-refractivity contribution is 0.329. The molecule has 2 aliphatic rings. The van der Waals surface area contributed by atoms with E-state index in [1.165, 1.54) is 12.8 Å².